The molecule has 0 radical (unpaired) electrons. The lowest BCUT2D eigenvalue weighted by Crippen LogP contribution is -2.33. The number of carbonyl (C=O) groups excluding carboxylic acids is 1. The summed E-state index contributed by atoms with van der Waals surface area (Å²) in [6, 6.07) is 12.1. The molecule has 1 amide bonds. The molecular formula is C16H17BrN2O3S. The quantitative estimate of drug-likeness (QED) is 0.815. The second-order valence-corrected chi connectivity index (χ2v) is 7.71. The van der Waals surface area contributed by atoms with Crippen LogP contribution in [0.3, 0.4) is 0 Å². The number of hydrogen-bond donors (Lipinski definition) is 2. The van der Waals surface area contributed by atoms with Gasteiger partial charge in [0.1, 0.15) is 0 Å². The molecule has 0 bridgehead atoms. The van der Waals surface area contributed by atoms with E-state index < -0.39 is 15.9 Å². The minimum Gasteiger partial charge on any atom is -0.324 e. The van der Waals surface area contributed by atoms with Crippen LogP contribution >= 0.6 is 15.9 Å². The van der Waals surface area contributed by atoms with Gasteiger partial charge >= 0.3 is 0 Å². The molecule has 0 aliphatic rings. The van der Waals surface area contributed by atoms with Crippen molar-refractivity contribution in [2.75, 3.05) is 11.9 Å². The molecule has 23 heavy (non-hydrogen) atoms. The van der Waals surface area contributed by atoms with Crippen LogP contribution in [-0.2, 0) is 14.8 Å². The first-order valence-corrected chi connectivity index (χ1v) is 9.18. The highest BCUT2D eigenvalue weighted by Crippen LogP contribution is 2.23. The summed E-state index contributed by atoms with van der Waals surface area (Å²) in [5.74, 6) is -0.438. The summed E-state index contributed by atoms with van der Waals surface area (Å²) in [6.07, 6.45) is 0. The molecule has 0 aliphatic heterocycles. The van der Waals surface area contributed by atoms with Gasteiger partial charge in [-0.15, -0.1) is 0 Å². The molecule has 2 aromatic rings. The Balaban J connectivity index is 2.03. The SMILES string of the molecule is Cc1ccc(NC(=O)CNS(=O)(=O)c2ccccc2C)c(Br)c1. The van der Waals surface area contributed by atoms with Crippen LogP contribution in [0.2, 0.25) is 0 Å². The van der Waals surface area contributed by atoms with Crippen LogP contribution in [0.1, 0.15) is 11.1 Å². The molecule has 5 nitrogen and oxygen atoms in total. The third kappa shape index (κ3) is 4.63. The molecule has 0 atom stereocenters. The fraction of sp³-hybridized carbons (Fsp3) is 0.188. The van der Waals surface area contributed by atoms with Gasteiger partial charge in [-0.25, -0.2) is 13.1 Å². The summed E-state index contributed by atoms with van der Waals surface area (Å²) >= 11 is 3.36. The van der Waals surface area contributed by atoms with Gasteiger partial charge in [-0.2, -0.15) is 0 Å². The number of amides is 1. The van der Waals surface area contributed by atoms with Gasteiger partial charge in [0.15, 0.2) is 0 Å². The van der Waals surface area contributed by atoms with Gasteiger partial charge in [0.2, 0.25) is 15.9 Å². The molecular weight excluding hydrogens is 380 g/mol. The van der Waals surface area contributed by atoms with Gasteiger partial charge < -0.3 is 5.32 Å². The van der Waals surface area contributed by atoms with Gasteiger partial charge in [-0.3, -0.25) is 4.79 Å². The topological polar surface area (TPSA) is 75.3 Å². The number of benzene rings is 2. The molecule has 122 valence electrons. The lowest BCUT2D eigenvalue weighted by Gasteiger charge is -2.10. The molecule has 7 heteroatoms. The summed E-state index contributed by atoms with van der Waals surface area (Å²) in [6.45, 7) is 3.31. The fourth-order valence-electron chi connectivity index (χ4n) is 2.01. The molecule has 0 fully saturated rings. The zero-order valence-corrected chi connectivity index (χ0v) is 15.2. The predicted octanol–water partition coefficient (Wildman–Crippen LogP) is 2.98. The van der Waals surface area contributed by atoms with E-state index in [2.05, 4.69) is 26.0 Å². The Morgan fingerprint density at radius 3 is 2.48 bits per heavy atom. The predicted molar refractivity (Wildman–Crippen MR) is 93.9 cm³/mol. The van der Waals surface area contributed by atoms with Crippen molar-refractivity contribution >= 4 is 37.5 Å². The first-order chi connectivity index (χ1) is 10.8. The van der Waals surface area contributed by atoms with Crippen LogP contribution in [0.15, 0.2) is 51.8 Å². The Hall–Kier alpha value is -1.70. The van der Waals surface area contributed by atoms with Crippen LogP contribution in [0, 0.1) is 13.8 Å². The number of carbonyl (C=O) groups is 1. The number of halogens is 1. The summed E-state index contributed by atoms with van der Waals surface area (Å²) < 4.78 is 27.5. The number of rotatable bonds is 5. The van der Waals surface area contributed by atoms with E-state index >= 15 is 0 Å². The van der Waals surface area contributed by atoms with Gasteiger partial charge in [0.25, 0.3) is 0 Å². The van der Waals surface area contributed by atoms with Crippen molar-refractivity contribution in [2.45, 2.75) is 18.7 Å². The molecule has 0 saturated heterocycles. The summed E-state index contributed by atoms with van der Waals surface area (Å²) in [5, 5.41) is 2.66. The average Bonchev–Trinajstić information content (AvgIpc) is 2.48. The third-order valence-electron chi connectivity index (χ3n) is 3.20. The van der Waals surface area contributed by atoms with E-state index in [1.807, 2.05) is 19.1 Å². The Morgan fingerprint density at radius 2 is 1.83 bits per heavy atom. The second-order valence-electron chi connectivity index (χ2n) is 5.12. The number of hydrogen-bond acceptors (Lipinski definition) is 3. The number of aryl methyl sites for hydroxylation is 2. The highest BCUT2D eigenvalue weighted by molar-refractivity contribution is 9.10. The van der Waals surface area contributed by atoms with Crippen molar-refractivity contribution in [3.8, 4) is 0 Å². The molecule has 0 spiro atoms. The standard InChI is InChI=1S/C16H17BrN2O3S/c1-11-7-8-14(13(17)9-11)19-16(20)10-18-23(21,22)15-6-4-3-5-12(15)2/h3-9,18H,10H2,1-2H3,(H,19,20). The van der Waals surface area contributed by atoms with Crippen LogP contribution in [0.25, 0.3) is 0 Å². The zero-order valence-electron chi connectivity index (χ0n) is 12.8. The number of anilines is 1. The van der Waals surface area contributed by atoms with Gasteiger partial charge in [-0.1, -0.05) is 24.3 Å². The molecule has 2 rings (SSSR count). The molecule has 0 unspecified atom stereocenters. The lowest BCUT2D eigenvalue weighted by atomic mass is 10.2. The van der Waals surface area contributed by atoms with Gasteiger partial charge in [-0.05, 0) is 59.1 Å². The molecule has 0 saturated carbocycles. The van der Waals surface area contributed by atoms with E-state index in [1.54, 1.807) is 31.2 Å². The van der Waals surface area contributed by atoms with E-state index in [1.165, 1.54) is 6.07 Å². The molecule has 2 aromatic carbocycles. The van der Waals surface area contributed by atoms with E-state index in [0.29, 0.717) is 11.3 Å². The van der Waals surface area contributed by atoms with Gasteiger partial charge in [0, 0.05) is 4.47 Å². The average molecular weight is 397 g/mol. The molecule has 2 N–H and O–H groups in total. The highest BCUT2D eigenvalue weighted by Gasteiger charge is 2.17. The number of sulfonamides is 1. The van der Waals surface area contributed by atoms with Crippen molar-refractivity contribution in [2.24, 2.45) is 0 Å². The maximum Gasteiger partial charge on any atom is 0.241 e. The van der Waals surface area contributed by atoms with Gasteiger partial charge in [0.05, 0.1) is 17.1 Å². The van der Waals surface area contributed by atoms with Crippen LogP contribution < -0.4 is 10.0 Å². The van der Waals surface area contributed by atoms with Crippen molar-refractivity contribution in [3.05, 3.63) is 58.1 Å². The Bertz CT molecular complexity index is 835. The van der Waals surface area contributed by atoms with E-state index in [0.717, 1.165) is 10.0 Å². The zero-order chi connectivity index (χ0) is 17.0. The summed E-state index contributed by atoms with van der Waals surface area (Å²) in [5.41, 5.74) is 2.27. The minimum absolute atomic E-state index is 0.171. The lowest BCUT2D eigenvalue weighted by molar-refractivity contribution is -0.115. The van der Waals surface area contributed by atoms with Crippen molar-refractivity contribution in [3.63, 3.8) is 0 Å². The normalized spacial score (nSPS) is 11.3. The fourth-order valence-corrected chi connectivity index (χ4v) is 3.83. The third-order valence-corrected chi connectivity index (χ3v) is 5.42. The van der Waals surface area contributed by atoms with Crippen molar-refractivity contribution in [1.82, 2.24) is 4.72 Å². The van der Waals surface area contributed by atoms with Crippen LogP contribution in [0.4, 0.5) is 5.69 Å². The minimum atomic E-state index is -3.72. The maximum atomic E-state index is 12.2. The molecule has 0 heterocycles. The molecule has 0 aromatic heterocycles. The second kappa shape index (κ2) is 7.25. The van der Waals surface area contributed by atoms with E-state index in [-0.39, 0.29) is 11.4 Å². The number of nitrogens with one attached hydrogen (secondary N) is 2. The van der Waals surface area contributed by atoms with E-state index in [9.17, 15) is 13.2 Å². The largest absolute Gasteiger partial charge is 0.324 e. The molecule has 0 aliphatic carbocycles. The Morgan fingerprint density at radius 1 is 1.13 bits per heavy atom. The Kier molecular flexibility index (Phi) is 5.56. The Labute approximate surface area is 144 Å². The first-order valence-electron chi connectivity index (χ1n) is 6.91. The monoisotopic (exact) mass is 396 g/mol. The van der Waals surface area contributed by atoms with Crippen molar-refractivity contribution in [1.29, 1.82) is 0 Å². The summed E-state index contributed by atoms with van der Waals surface area (Å²) in [4.78, 5) is 12.1. The smallest absolute Gasteiger partial charge is 0.241 e. The van der Waals surface area contributed by atoms with Crippen molar-refractivity contribution < 1.29 is 13.2 Å². The van der Waals surface area contributed by atoms with Crippen LogP contribution in [-0.4, -0.2) is 20.9 Å². The first kappa shape index (κ1) is 17.7. The summed E-state index contributed by atoms with van der Waals surface area (Å²) in [7, 11) is -3.72. The van der Waals surface area contributed by atoms with E-state index in [4.69, 9.17) is 0 Å². The highest BCUT2D eigenvalue weighted by atomic mass is 79.9. The van der Waals surface area contributed by atoms with Crippen LogP contribution in [0.5, 0.6) is 0 Å². The maximum absolute atomic E-state index is 12.2.